The third-order valence-electron chi connectivity index (χ3n) is 2.41. The van der Waals surface area contributed by atoms with Crippen molar-refractivity contribution in [3.8, 4) is 0 Å². The van der Waals surface area contributed by atoms with Crippen molar-refractivity contribution in [2.24, 2.45) is 0 Å². The molecule has 0 aliphatic heterocycles. The zero-order chi connectivity index (χ0) is 12.8. The first-order valence-electron chi connectivity index (χ1n) is 5.73. The van der Waals surface area contributed by atoms with E-state index in [-0.39, 0.29) is 0 Å². The third-order valence-corrected chi connectivity index (χ3v) is 5.15. The summed E-state index contributed by atoms with van der Waals surface area (Å²) in [5.41, 5.74) is 0.797. The van der Waals surface area contributed by atoms with Gasteiger partial charge < -0.3 is 5.32 Å². The highest BCUT2D eigenvalue weighted by molar-refractivity contribution is 8.00. The largest absolute Gasteiger partial charge is 0.369 e. The molecule has 0 aliphatic carbocycles. The van der Waals surface area contributed by atoms with Crippen LogP contribution in [-0.4, -0.2) is 39.8 Å². The van der Waals surface area contributed by atoms with Gasteiger partial charge >= 0.3 is 0 Å². The second kappa shape index (κ2) is 7.16. The molecule has 2 heterocycles. The lowest BCUT2D eigenvalue weighted by molar-refractivity contribution is 0.840. The number of aromatic nitrogens is 3. The molecular weight excluding hydrogens is 284 g/mol. The lowest BCUT2D eigenvalue weighted by Crippen LogP contribution is -2.04. The van der Waals surface area contributed by atoms with E-state index in [1.807, 2.05) is 18.0 Å². The topological polar surface area (TPSA) is 50.7 Å². The van der Waals surface area contributed by atoms with Crippen LogP contribution in [0.2, 0.25) is 0 Å². The summed E-state index contributed by atoms with van der Waals surface area (Å²) in [6.45, 7) is 0.958. The third kappa shape index (κ3) is 3.49. The summed E-state index contributed by atoms with van der Waals surface area (Å²) in [5.74, 6) is 2.14. The highest BCUT2D eigenvalue weighted by Gasteiger charge is 2.09. The maximum Gasteiger partial charge on any atom is 0.176 e. The number of rotatable bonds is 7. The van der Waals surface area contributed by atoms with Gasteiger partial charge in [0.2, 0.25) is 0 Å². The fraction of sp³-hybridized carbons (Fsp3) is 0.545. The Morgan fingerprint density at radius 1 is 1.28 bits per heavy atom. The predicted molar refractivity (Wildman–Crippen MR) is 83.1 cm³/mol. The standard InChI is InChI=1S/C11H16N4S3/c1-16-6-4-3-5-12-9-8-10(14-7-13-9)15-11(17-2)18-8/h7H,3-6H2,1-2H3,(H,12,13,14). The molecule has 0 unspecified atom stereocenters. The van der Waals surface area contributed by atoms with E-state index in [9.17, 15) is 0 Å². The average molecular weight is 300 g/mol. The highest BCUT2D eigenvalue weighted by Crippen LogP contribution is 2.30. The van der Waals surface area contributed by atoms with Crippen LogP contribution in [0.3, 0.4) is 0 Å². The van der Waals surface area contributed by atoms with Gasteiger partial charge in [0.1, 0.15) is 16.8 Å². The Hall–Kier alpha value is -0.530. The lowest BCUT2D eigenvalue weighted by Gasteiger charge is -2.04. The van der Waals surface area contributed by atoms with Gasteiger partial charge in [-0.2, -0.15) is 11.8 Å². The molecule has 7 heteroatoms. The second-order valence-corrected chi connectivity index (χ2v) is 6.72. The Balaban J connectivity index is 2.01. The Morgan fingerprint density at radius 3 is 2.94 bits per heavy atom. The molecule has 0 amide bonds. The summed E-state index contributed by atoms with van der Waals surface area (Å²) < 4.78 is 2.10. The Labute approximate surface area is 119 Å². The van der Waals surface area contributed by atoms with Crippen molar-refractivity contribution in [3.63, 3.8) is 0 Å². The van der Waals surface area contributed by atoms with E-state index in [1.54, 1.807) is 29.4 Å². The Kier molecular flexibility index (Phi) is 5.52. The number of thioether (sulfide) groups is 2. The summed E-state index contributed by atoms with van der Waals surface area (Å²) in [5, 5.41) is 3.38. The SMILES string of the molecule is CSCCCCNc1ncnc2nc(SC)sc12. The number of hydrogen-bond acceptors (Lipinski definition) is 7. The zero-order valence-electron chi connectivity index (χ0n) is 10.5. The van der Waals surface area contributed by atoms with E-state index in [4.69, 9.17) is 0 Å². The quantitative estimate of drug-likeness (QED) is 0.625. The number of hydrogen-bond donors (Lipinski definition) is 1. The van der Waals surface area contributed by atoms with Gasteiger partial charge in [-0.25, -0.2) is 15.0 Å². The molecule has 1 N–H and O–H groups in total. The maximum absolute atomic E-state index is 4.44. The van der Waals surface area contributed by atoms with Crippen LogP contribution in [0.1, 0.15) is 12.8 Å². The van der Waals surface area contributed by atoms with Crippen molar-refractivity contribution in [1.29, 1.82) is 0 Å². The molecule has 0 aromatic carbocycles. The lowest BCUT2D eigenvalue weighted by atomic mass is 10.3. The Morgan fingerprint density at radius 2 is 2.17 bits per heavy atom. The highest BCUT2D eigenvalue weighted by atomic mass is 32.2. The molecule has 0 aliphatic rings. The van der Waals surface area contributed by atoms with Crippen molar-refractivity contribution in [3.05, 3.63) is 6.33 Å². The minimum Gasteiger partial charge on any atom is -0.369 e. The van der Waals surface area contributed by atoms with Gasteiger partial charge in [-0.1, -0.05) is 11.8 Å². The average Bonchev–Trinajstić information content (AvgIpc) is 2.82. The second-order valence-electron chi connectivity index (χ2n) is 3.69. The van der Waals surface area contributed by atoms with Crippen molar-refractivity contribution in [1.82, 2.24) is 15.0 Å². The van der Waals surface area contributed by atoms with Crippen LogP contribution in [0, 0.1) is 0 Å². The number of thiazole rings is 1. The van der Waals surface area contributed by atoms with Gasteiger partial charge in [0.25, 0.3) is 0 Å². The summed E-state index contributed by atoms with van der Waals surface area (Å²) in [4.78, 5) is 12.9. The van der Waals surface area contributed by atoms with Crippen molar-refractivity contribution in [2.45, 2.75) is 17.2 Å². The zero-order valence-corrected chi connectivity index (χ0v) is 12.9. The fourth-order valence-corrected chi connectivity index (χ4v) is 3.50. The van der Waals surface area contributed by atoms with Crippen LogP contribution in [-0.2, 0) is 0 Å². The molecule has 0 saturated heterocycles. The molecular formula is C11H16N4S3. The summed E-state index contributed by atoms with van der Waals surface area (Å²) in [6.07, 6.45) is 8.15. The molecule has 18 heavy (non-hydrogen) atoms. The van der Waals surface area contributed by atoms with E-state index < -0.39 is 0 Å². The summed E-state index contributed by atoms with van der Waals surface area (Å²) in [7, 11) is 0. The van der Waals surface area contributed by atoms with Crippen LogP contribution in [0.15, 0.2) is 10.7 Å². The first kappa shape index (κ1) is 13.9. The Bertz CT molecular complexity index is 500. The van der Waals surface area contributed by atoms with Crippen molar-refractivity contribution >= 4 is 51.0 Å². The van der Waals surface area contributed by atoms with Crippen LogP contribution in [0.5, 0.6) is 0 Å². The van der Waals surface area contributed by atoms with Crippen LogP contribution < -0.4 is 5.32 Å². The number of nitrogens with one attached hydrogen (secondary N) is 1. The van der Waals surface area contributed by atoms with E-state index in [2.05, 4.69) is 26.5 Å². The van der Waals surface area contributed by atoms with Crippen molar-refractivity contribution < 1.29 is 0 Å². The number of anilines is 1. The van der Waals surface area contributed by atoms with Gasteiger partial charge in [-0.3, -0.25) is 0 Å². The van der Waals surface area contributed by atoms with Gasteiger partial charge in [0, 0.05) is 6.54 Å². The number of unbranched alkanes of at least 4 members (excludes halogenated alkanes) is 1. The molecule has 2 aromatic rings. The summed E-state index contributed by atoms with van der Waals surface area (Å²) in [6, 6.07) is 0. The van der Waals surface area contributed by atoms with E-state index >= 15 is 0 Å². The molecule has 0 radical (unpaired) electrons. The molecule has 4 nitrogen and oxygen atoms in total. The van der Waals surface area contributed by atoms with Gasteiger partial charge in [-0.15, -0.1) is 11.3 Å². The molecule has 0 fully saturated rings. The van der Waals surface area contributed by atoms with E-state index in [0.717, 1.165) is 27.0 Å². The first-order chi connectivity index (χ1) is 8.85. The molecule has 2 rings (SSSR count). The van der Waals surface area contributed by atoms with Crippen LogP contribution in [0.4, 0.5) is 5.82 Å². The molecule has 0 saturated carbocycles. The normalized spacial score (nSPS) is 11.0. The van der Waals surface area contributed by atoms with Gasteiger partial charge in [-0.05, 0) is 31.1 Å². The van der Waals surface area contributed by atoms with Gasteiger partial charge in [0.05, 0.1) is 0 Å². The van der Waals surface area contributed by atoms with E-state index in [1.165, 1.54) is 18.6 Å². The maximum atomic E-state index is 4.44. The fourth-order valence-electron chi connectivity index (χ4n) is 1.53. The van der Waals surface area contributed by atoms with Crippen molar-refractivity contribution in [2.75, 3.05) is 30.1 Å². The monoisotopic (exact) mass is 300 g/mol. The smallest absolute Gasteiger partial charge is 0.176 e. The van der Waals surface area contributed by atoms with E-state index in [0.29, 0.717) is 0 Å². The predicted octanol–water partition coefficient (Wildman–Crippen LogP) is 3.36. The molecule has 98 valence electrons. The van der Waals surface area contributed by atoms with Crippen LogP contribution >= 0.6 is 34.9 Å². The van der Waals surface area contributed by atoms with Crippen LogP contribution in [0.25, 0.3) is 10.3 Å². The minimum absolute atomic E-state index is 0.797. The number of fused-ring (bicyclic) bond motifs is 1. The summed E-state index contributed by atoms with van der Waals surface area (Å²) >= 11 is 5.19. The molecule has 0 atom stereocenters. The molecule has 0 spiro atoms. The minimum atomic E-state index is 0.797. The van der Waals surface area contributed by atoms with Gasteiger partial charge in [0.15, 0.2) is 9.99 Å². The molecule has 0 bridgehead atoms. The molecule has 2 aromatic heterocycles. The number of nitrogens with zero attached hydrogens (tertiary/aromatic N) is 3. The first-order valence-corrected chi connectivity index (χ1v) is 9.17.